The number of pyridine rings is 1. The topological polar surface area (TPSA) is 85.4 Å². The van der Waals surface area contributed by atoms with E-state index in [2.05, 4.69) is 20.9 Å². The third-order valence-corrected chi connectivity index (χ3v) is 1.86. The van der Waals surface area contributed by atoms with Crippen molar-refractivity contribution < 1.29 is 14.6 Å². The maximum Gasteiger partial charge on any atom is 0.324 e. The third-order valence-electron chi connectivity index (χ3n) is 1.43. The number of nitrogens with zero attached hydrogens (tertiary/aromatic N) is 1. The highest BCUT2D eigenvalue weighted by Gasteiger charge is 2.11. The van der Waals surface area contributed by atoms with Crippen molar-refractivity contribution in [3.05, 3.63) is 22.9 Å². The first kappa shape index (κ1) is 10.9. The monoisotopic (exact) mass is 260 g/mol. The summed E-state index contributed by atoms with van der Waals surface area (Å²) in [4.78, 5) is 14.2. The second kappa shape index (κ2) is 4.92. The predicted molar refractivity (Wildman–Crippen MR) is 53.0 cm³/mol. The zero-order chi connectivity index (χ0) is 10.6. The van der Waals surface area contributed by atoms with E-state index in [-0.39, 0.29) is 6.61 Å². The van der Waals surface area contributed by atoms with Crippen molar-refractivity contribution in [1.82, 2.24) is 4.98 Å². The Kier molecular flexibility index (Phi) is 3.84. The highest BCUT2D eigenvalue weighted by Crippen LogP contribution is 2.15. The van der Waals surface area contributed by atoms with Gasteiger partial charge in [0.1, 0.15) is 18.4 Å². The van der Waals surface area contributed by atoms with E-state index in [0.29, 0.717) is 5.75 Å². The van der Waals surface area contributed by atoms with Gasteiger partial charge in [0.2, 0.25) is 0 Å². The summed E-state index contributed by atoms with van der Waals surface area (Å²) in [5, 5.41) is 8.48. The molecule has 0 fully saturated rings. The van der Waals surface area contributed by atoms with Crippen LogP contribution in [-0.2, 0) is 4.79 Å². The number of carboxylic acid groups (broad SMARTS) is 1. The first-order valence-corrected chi connectivity index (χ1v) is 4.60. The van der Waals surface area contributed by atoms with E-state index >= 15 is 0 Å². The lowest BCUT2D eigenvalue weighted by Gasteiger charge is -2.08. The van der Waals surface area contributed by atoms with Crippen LogP contribution in [0.25, 0.3) is 0 Å². The molecular formula is C8H9BrN2O3. The summed E-state index contributed by atoms with van der Waals surface area (Å²) in [6, 6.07) is 0.663. The van der Waals surface area contributed by atoms with Crippen LogP contribution in [0.2, 0.25) is 0 Å². The van der Waals surface area contributed by atoms with Crippen LogP contribution < -0.4 is 10.5 Å². The minimum Gasteiger partial charge on any atom is -0.490 e. The summed E-state index contributed by atoms with van der Waals surface area (Å²) in [6.45, 7) is -0.0759. The Hall–Kier alpha value is -1.14. The van der Waals surface area contributed by atoms with Gasteiger partial charge >= 0.3 is 5.97 Å². The summed E-state index contributed by atoms with van der Waals surface area (Å²) < 4.78 is 5.87. The van der Waals surface area contributed by atoms with Gasteiger partial charge in [0.05, 0.1) is 6.20 Å². The van der Waals surface area contributed by atoms with Crippen molar-refractivity contribution in [3.63, 3.8) is 0 Å². The molecule has 1 aromatic rings. The molecule has 1 unspecified atom stereocenters. The fourth-order valence-electron chi connectivity index (χ4n) is 0.729. The van der Waals surface area contributed by atoms with Crippen molar-refractivity contribution in [2.45, 2.75) is 6.04 Å². The van der Waals surface area contributed by atoms with E-state index in [4.69, 9.17) is 15.6 Å². The summed E-state index contributed by atoms with van der Waals surface area (Å²) >= 11 is 3.21. The molecule has 3 N–H and O–H groups in total. The average Bonchev–Trinajstić information content (AvgIpc) is 2.14. The van der Waals surface area contributed by atoms with Crippen LogP contribution in [-0.4, -0.2) is 28.7 Å². The second-order valence-corrected chi connectivity index (χ2v) is 3.51. The number of ether oxygens (including phenoxy) is 1. The number of carboxylic acids is 1. The lowest BCUT2D eigenvalue weighted by Crippen LogP contribution is -2.36. The quantitative estimate of drug-likeness (QED) is 0.830. The number of hydrogen-bond donors (Lipinski definition) is 2. The Morgan fingerprint density at radius 2 is 2.43 bits per heavy atom. The molecule has 0 aliphatic carbocycles. The van der Waals surface area contributed by atoms with Crippen LogP contribution in [0.5, 0.6) is 5.75 Å². The van der Waals surface area contributed by atoms with Gasteiger partial charge in [-0.05, 0) is 22.0 Å². The smallest absolute Gasteiger partial charge is 0.324 e. The number of rotatable bonds is 4. The molecule has 1 rings (SSSR count). The van der Waals surface area contributed by atoms with E-state index in [1.807, 2.05) is 0 Å². The lowest BCUT2D eigenvalue weighted by molar-refractivity contribution is -0.139. The first-order valence-electron chi connectivity index (χ1n) is 3.81. The zero-order valence-corrected chi connectivity index (χ0v) is 8.77. The second-order valence-electron chi connectivity index (χ2n) is 2.59. The van der Waals surface area contributed by atoms with Crippen molar-refractivity contribution >= 4 is 21.9 Å². The Morgan fingerprint density at radius 3 is 3.00 bits per heavy atom. The first-order chi connectivity index (χ1) is 6.59. The number of hydrogen-bond acceptors (Lipinski definition) is 4. The van der Waals surface area contributed by atoms with Crippen LogP contribution in [0.1, 0.15) is 0 Å². The molecule has 6 heteroatoms. The van der Waals surface area contributed by atoms with Gasteiger partial charge in [0, 0.05) is 10.7 Å². The summed E-state index contributed by atoms with van der Waals surface area (Å²) in [7, 11) is 0. The Labute approximate surface area is 89.0 Å². The maximum absolute atomic E-state index is 10.4. The number of nitrogens with two attached hydrogens (primary N) is 1. The van der Waals surface area contributed by atoms with Gasteiger partial charge in [-0.3, -0.25) is 9.78 Å². The molecule has 0 saturated carbocycles. The maximum atomic E-state index is 10.4. The van der Waals surface area contributed by atoms with Gasteiger partial charge in [-0.25, -0.2) is 0 Å². The largest absolute Gasteiger partial charge is 0.490 e. The van der Waals surface area contributed by atoms with Crippen LogP contribution in [0.4, 0.5) is 0 Å². The Bertz CT molecular complexity index is 332. The highest BCUT2D eigenvalue weighted by molar-refractivity contribution is 9.10. The molecule has 0 aromatic carbocycles. The molecule has 1 heterocycles. The van der Waals surface area contributed by atoms with Crippen LogP contribution in [0.3, 0.4) is 0 Å². The molecule has 1 atom stereocenters. The standard InChI is InChI=1S/C8H9BrN2O3/c9-5-1-6(3-11-2-5)14-4-7(10)8(12)13/h1-3,7H,4,10H2,(H,12,13). The SMILES string of the molecule is NC(COc1cncc(Br)c1)C(=O)O. The molecule has 0 bridgehead atoms. The minimum absolute atomic E-state index is 0.0759. The molecular weight excluding hydrogens is 252 g/mol. The summed E-state index contributed by atoms with van der Waals surface area (Å²) in [5.41, 5.74) is 5.25. The molecule has 0 aliphatic rings. The zero-order valence-electron chi connectivity index (χ0n) is 7.18. The van der Waals surface area contributed by atoms with E-state index in [1.165, 1.54) is 6.20 Å². The van der Waals surface area contributed by atoms with Gasteiger partial charge in [0.15, 0.2) is 0 Å². The van der Waals surface area contributed by atoms with Crippen LogP contribution in [0.15, 0.2) is 22.9 Å². The van der Waals surface area contributed by atoms with Crippen molar-refractivity contribution in [2.75, 3.05) is 6.61 Å². The average molecular weight is 261 g/mol. The molecule has 14 heavy (non-hydrogen) atoms. The number of aliphatic carboxylic acids is 1. The molecule has 76 valence electrons. The van der Waals surface area contributed by atoms with E-state index in [0.717, 1.165) is 4.47 Å². The molecule has 0 saturated heterocycles. The number of halogens is 1. The van der Waals surface area contributed by atoms with Gasteiger partial charge in [-0.1, -0.05) is 0 Å². The molecule has 0 aliphatic heterocycles. The number of carbonyl (C=O) groups is 1. The van der Waals surface area contributed by atoms with Gasteiger partial charge < -0.3 is 15.6 Å². The van der Waals surface area contributed by atoms with Gasteiger partial charge in [-0.2, -0.15) is 0 Å². The van der Waals surface area contributed by atoms with Crippen LogP contribution in [0, 0.1) is 0 Å². The Balaban J connectivity index is 2.49. The summed E-state index contributed by atoms with van der Waals surface area (Å²) in [5.74, 6) is -0.607. The summed E-state index contributed by atoms with van der Waals surface area (Å²) in [6.07, 6.45) is 3.09. The number of aromatic nitrogens is 1. The van der Waals surface area contributed by atoms with E-state index in [9.17, 15) is 4.79 Å². The minimum atomic E-state index is -1.09. The van der Waals surface area contributed by atoms with Crippen molar-refractivity contribution in [3.8, 4) is 5.75 Å². The van der Waals surface area contributed by atoms with Crippen molar-refractivity contribution in [2.24, 2.45) is 5.73 Å². The highest BCUT2D eigenvalue weighted by atomic mass is 79.9. The van der Waals surface area contributed by atoms with Gasteiger partial charge in [-0.15, -0.1) is 0 Å². The molecule has 5 nitrogen and oxygen atoms in total. The molecule has 1 aromatic heterocycles. The molecule has 0 radical (unpaired) electrons. The van der Waals surface area contributed by atoms with E-state index < -0.39 is 12.0 Å². The van der Waals surface area contributed by atoms with Crippen molar-refractivity contribution in [1.29, 1.82) is 0 Å². The Morgan fingerprint density at radius 1 is 1.71 bits per heavy atom. The van der Waals surface area contributed by atoms with Gasteiger partial charge in [0.25, 0.3) is 0 Å². The molecule has 0 spiro atoms. The fourth-order valence-corrected chi connectivity index (χ4v) is 1.07. The normalized spacial score (nSPS) is 12.1. The third kappa shape index (κ3) is 3.31. The fraction of sp³-hybridized carbons (Fsp3) is 0.250. The predicted octanol–water partition coefficient (Wildman–Crippen LogP) is 0.635. The van der Waals surface area contributed by atoms with Crippen LogP contribution >= 0.6 is 15.9 Å². The molecule has 0 amide bonds. The van der Waals surface area contributed by atoms with E-state index in [1.54, 1.807) is 12.3 Å². The lowest BCUT2D eigenvalue weighted by atomic mass is 10.3.